The van der Waals surface area contributed by atoms with Crippen molar-refractivity contribution in [1.82, 2.24) is 0 Å². The lowest BCUT2D eigenvalue weighted by Crippen LogP contribution is -2.05. The average molecular weight is 216 g/mol. The van der Waals surface area contributed by atoms with Crippen LogP contribution in [-0.4, -0.2) is 11.4 Å². The summed E-state index contributed by atoms with van der Waals surface area (Å²) in [5.74, 6) is 0.510. The third-order valence-corrected chi connectivity index (χ3v) is 1.62. The van der Waals surface area contributed by atoms with Gasteiger partial charge in [-0.15, -0.1) is 23.2 Å². The lowest BCUT2D eigenvalue weighted by Gasteiger charge is -2.06. The zero-order chi connectivity index (χ0) is 9.68. The molecule has 0 saturated carbocycles. The van der Waals surface area contributed by atoms with Crippen LogP contribution in [-0.2, 0) is 0 Å². The number of para-hydroxylation sites is 1. The van der Waals surface area contributed by atoms with Gasteiger partial charge in [-0.1, -0.05) is 12.1 Å². The van der Waals surface area contributed by atoms with Crippen molar-refractivity contribution in [3.05, 3.63) is 29.8 Å². The molecule has 0 amide bonds. The smallest absolute Gasteiger partial charge is 0.141 e. The van der Waals surface area contributed by atoms with Crippen LogP contribution in [0.3, 0.4) is 0 Å². The summed E-state index contributed by atoms with van der Waals surface area (Å²) in [5.41, 5.74) is 0.483. The van der Waals surface area contributed by atoms with E-state index >= 15 is 0 Å². The molecule has 0 aliphatic carbocycles. The molecule has 0 radical (unpaired) electrons. The summed E-state index contributed by atoms with van der Waals surface area (Å²) < 4.78 is 5.20. The van der Waals surface area contributed by atoms with Crippen LogP contribution >= 0.6 is 23.2 Å². The molecule has 0 fully saturated rings. The van der Waals surface area contributed by atoms with Crippen molar-refractivity contribution in [2.75, 3.05) is 6.61 Å². The summed E-state index contributed by atoms with van der Waals surface area (Å²) in [6.07, 6.45) is 0. The van der Waals surface area contributed by atoms with Crippen LogP contribution in [0.15, 0.2) is 24.3 Å². The molecule has 1 rings (SSSR count). The summed E-state index contributed by atoms with van der Waals surface area (Å²) >= 11 is 11.0. The first-order chi connectivity index (χ1) is 6.24. The molecule has 13 heavy (non-hydrogen) atoms. The summed E-state index contributed by atoms with van der Waals surface area (Å²) in [5, 5.41) is 8.69. The van der Waals surface area contributed by atoms with E-state index in [1.807, 2.05) is 6.07 Å². The molecule has 0 saturated heterocycles. The van der Waals surface area contributed by atoms with Crippen LogP contribution in [0, 0.1) is 11.3 Å². The van der Waals surface area contributed by atoms with Gasteiger partial charge in [-0.3, -0.25) is 0 Å². The highest BCUT2D eigenvalue weighted by Gasteiger charge is 2.04. The Hall–Kier alpha value is -0.910. The predicted octanol–water partition coefficient (Wildman–Crippen LogP) is 2.74. The summed E-state index contributed by atoms with van der Waals surface area (Å²) in [7, 11) is 0. The first-order valence-electron chi connectivity index (χ1n) is 3.64. The predicted molar refractivity (Wildman–Crippen MR) is 52.1 cm³/mol. The van der Waals surface area contributed by atoms with E-state index in [2.05, 4.69) is 0 Å². The molecule has 0 heterocycles. The first kappa shape index (κ1) is 10.2. The molecule has 4 heteroatoms. The first-order valence-corrected chi connectivity index (χ1v) is 4.51. The second-order valence-corrected chi connectivity index (χ2v) is 3.59. The number of nitrogens with zero attached hydrogens (tertiary/aromatic N) is 1. The van der Waals surface area contributed by atoms with Gasteiger partial charge in [0.05, 0.1) is 5.56 Å². The van der Waals surface area contributed by atoms with Crippen LogP contribution in [0.25, 0.3) is 0 Å². The second-order valence-electron chi connectivity index (χ2n) is 2.31. The normalized spacial score (nSPS) is 9.69. The highest BCUT2D eigenvalue weighted by atomic mass is 35.5. The molecule has 0 unspecified atom stereocenters. The number of rotatable bonds is 3. The van der Waals surface area contributed by atoms with Gasteiger partial charge in [-0.05, 0) is 12.1 Å². The van der Waals surface area contributed by atoms with Crippen LogP contribution < -0.4 is 4.74 Å². The monoisotopic (exact) mass is 215 g/mol. The van der Waals surface area contributed by atoms with Crippen molar-refractivity contribution in [3.8, 4) is 11.8 Å². The zero-order valence-electron chi connectivity index (χ0n) is 6.71. The van der Waals surface area contributed by atoms with Gasteiger partial charge in [-0.2, -0.15) is 5.26 Å². The molecule has 0 N–H and O–H groups in total. The van der Waals surface area contributed by atoms with Gasteiger partial charge in [0.25, 0.3) is 0 Å². The van der Waals surface area contributed by atoms with Crippen molar-refractivity contribution >= 4 is 23.2 Å². The van der Waals surface area contributed by atoms with E-state index in [-0.39, 0.29) is 6.61 Å². The Bertz CT molecular complexity index is 320. The molecule has 0 aliphatic rings. The van der Waals surface area contributed by atoms with E-state index in [0.29, 0.717) is 11.3 Å². The number of hydrogen-bond acceptors (Lipinski definition) is 2. The fraction of sp³-hybridized carbons (Fsp3) is 0.222. The Morgan fingerprint density at radius 1 is 1.38 bits per heavy atom. The third-order valence-electron chi connectivity index (χ3n) is 1.37. The number of alkyl halides is 2. The van der Waals surface area contributed by atoms with Gasteiger partial charge >= 0.3 is 0 Å². The Morgan fingerprint density at radius 3 is 2.69 bits per heavy atom. The maximum absolute atomic E-state index is 8.69. The largest absolute Gasteiger partial charge is 0.489 e. The lowest BCUT2D eigenvalue weighted by molar-refractivity contribution is 0.333. The standard InChI is InChI=1S/C9H7Cl2NO/c10-9(11)6-13-8-4-2-1-3-7(8)5-12/h1-4,9H,6H2. The molecule has 0 atom stereocenters. The summed E-state index contributed by atoms with van der Waals surface area (Å²) in [6, 6.07) is 8.94. The molecule has 0 bridgehead atoms. The van der Waals surface area contributed by atoms with Gasteiger partial charge in [0.2, 0.25) is 0 Å². The number of nitriles is 1. The SMILES string of the molecule is N#Cc1ccccc1OCC(Cl)Cl. The van der Waals surface area contributed by atoms with E-state index in [1.165, 1.54) is 0 Å². The Morgan fingerprint density at radius 2 is 2.08 bits per heavy atom. The average Bonchev–Trinajstić information content (AvgIpc) is 2.15. The van der Waals surface area contributed by atoms with Crippen molar-refractivity contribution < 1.29 is 4.74 Å². The molecule has 1 aromatic carbocycles. The number of ether oxygens (including phenoxy) is 1. The van der Waals surface area contributed by atoms with Crippen LogP contribution in [0.1, 0.15) is 5.56 Å². The minimum atomic E-state index is -0.577. The maximum Gasteiger partial charge on any atom is 0.141 e. The fourth-order valence-electron chi connectivity index (χ4n) is 0.838. The van der Waals surface area contributed by atoms with Crippen molar-refractivity contribution in [2.24, 2.45) is 0 Å². The van der Waals surface area contributed by atoms with Crippen LogP contribution in [0.5, 0.6) is 5.75 Å². The van der Waals surface area contributed by atoms with Gasteiger partial charge in [-0.25, -0.2) is 0 Å². The Balaban J connectivity index is 2.71. The van der Waals surface area contributed by atoms with Crippen molar-refractivity contribution in [1.29, 1.82) is 5.26 Å². The lowest BCUT2D eigenvalue weighted by atomic mass is 10.2. The Labute approximate surface area is 86.6 Å². The zero-order valence-corrected chi connectivity index (χ0v) is 8.22. The van der Waals surface area contributed by atoms with Crippen molar-refractivity contribution in [3.63, 3.8) is 0 Å². The van der Waals surface area contributed by atoms with Gasteiger partial charge < -0.3 is 4.74 Å². The van der Waals surface area contributed by atoms with Gasteiger partial charge in [0.1, 0.15) is 23.3 Å². The van der Waals surface area contributed by atoms with Crippen LogP contribution in [0.2, 0.25) is 0 Å². The molecule has 0 aliphatic heterocycles. The highest BCUT2D eigenvalue weighted by molar-refractivity contribution is 6.44. The van der Waals surface area contributed by atoms with Crippen LogP contribution in [0.4, 0.5) is 0 Å². The molecule has 68 valence electrons. The minimum absolute atomic E-state index is 0.182. The highest BCUT2D eigenvalue weighted by Crippen LogP contribution is 2.17. The quantitative estimate of drug-likeness (QED) is 0.727. The maximum atomic E-state index is 8.69. The molecular formula is C9H7Cl2NO. The van der Waals surface area contributed by atoms with Crippen molar-refractivity contribution in [2.45, 2.75) is 4.84 Å². The Kier molecular flexibility index (Phi) is 3.88. The molecule has 0 spiro atoms. The second kappa shape index (κ2) is 4.96. The molecule has 1 aromatic rings. The van der Waals surface area contributed by atoms with E-state index in [0.717, 1.165) is 0 Å². The van der Waals surface area contributed by atoms with E-state index in [4.69, 9.17) is 33.2 Å². The topological polar surface area (TPSA) is 33.0 Å². The number of halogens is 2. The van der Waals surface area contributed by atoms with E-state index < -0.39 is 4.84 Å². The number of hydrogen-bond donors (Lipinski definition) is 0. The molecular weight excluding hydrogens is 209 g/mol. The van der Waals surface area contributed by atoms with E-state index in [1.54, 1.807) is 24.3 Å². The number of benzene rings is 1. The van der Waals surface area contributed by atoms with E-state index in [9.17, 15) is 0 Å². The third kappa shape index (κ3) is 3.14. The van der Waals surface area contributed by atoms with Gasteiger partial charge in [0, 0.05) is 0 Å². The summed E-state index contributed by atoms with van der Waals surface area (Å²) in [4.78, 5) is -0.577. The minimum Gasteiger partial charge on any atom is -0.489 e. The van der Waals surface area contributed by atoms with Gasteiger partial charge in [0.15, 0.2) is 0 Å². The molecule has 0 aromatic heterocycles. The fourth-order valence-corrected chi connectivity index (χ4v) is 0.964. The summed E-state index contributed by atoms with van der Waals surface area (Å²) in [6.45, 7) is 0.182. The molecule has 2 nitrogen and oxygen atoms in total.